The van der Waals surface area contributed by atoms with Gasteiger partial charge in [-0.3, -0.25) is 25.0 Å². The summed E-state index contributed by atoms with van der Waals surface area (Å²) in [5, 5.41) is 22.3. The Morgan fingerprint density at radius 1 is 1.00 bits per heavy atom. The lowest BCUT2D eigenvalue weighted by molar-refractivity contribution is -0.384. The second-order valence-electron chi connectivity index (χ2n) is 6.20. The summed E-state index contributed by atoms with van der Waals surface area (Å²) in [5.41, 5.74) is 0.516. The number of methoxy groups -OCH3 is 1. The lowest BCUT2D eigenvalue weighted by Crippen LogP contribution is -2.49. The van der Waals surface area contributed by atoms with Gasteiger partial charge in [0.15, 0.2) is 0 Å². The van der Waals surface area contributed by atoms with E-state index in [0.717, 1.165) is 0 Å². The Morgan fingerprint density at radius 3 is 2.32 bits per heavy atom. The normalized spacial score (nSPS) is 13.9. The van der Waals surface area contributed by atoms with Gasteiger partial charge in [-0.1, -0.05) is 6.07 Å². The van der Waals surface area contributed by atoms with Gasteiger partial charge in [0.05, 0.1) is 23.0 Å². The number of nitrogens with zero attached hydrogens (tertiary/aromatic N) is 4. The van der Waals surface area contributed by atoms with Crippen molar-refractivity contribution >= 4 is 23.0 Å². The van der Waals surface area contributed by atoms with Crippen molar-refractivity contribution in [2.24, 2.45) is 0 Å². The zero-order chi connectivity index (χ0) is 20.3. The SMILES string of the molecule is COc1ccc(N2CCN(C(=O)c3cccc([N+](=O)[O-])c3)CC2)c([N+](=O)[O-])c1. The number of amides is 1. The van der Waals surface area contributed by atoms with Gasteiger partial charge < -0.3 is 14.5 Å². The number of hydrogen-bond donors (Lipinski definition) is 0. The number of rotatable bonds is 5. The molecule has 28 heavy (non-hydrogen) atoms. The minimum Gasteiger partial charge on any atom is -0.496 e. The Kier molecular flexibility index (Phi) is 5.39. The number of hydrogen-bond acceptors (Lipinski definition) is 7. The molecule has 1 saturated heterocycles. The highest BCUT2D eigenvalue weighted by atomic mass is 16.6. The molecule has 1 fully saturated rings. The Balaban J connectivity index is 1.73. The Morgan fingerprint density at radius 2 is 1.71 bits per heavy atom. The van der Waals surface area contributed by atoms with Crippen LogP contribution >= 0.6 is 0 Å². The van der Waals surface area contributed by atoms with Crippen molar-refractivity contribution in [3.05, 3.63) is 68.3 Å². The van der Waals surface area contributed by atoms with Gasteiger partial charge in [0.2, 0.25) is 0 Å². The Hall–Kier alpha value is -3.69. The fourth-order valence-corrected chi connectivity index (χ4v) is 3.13. The van der Waals surface area contributed by atoms with E-state index in [-0.39, 0.29) is 22.8 Å². The molecule has 0 aliphatic carbocycles. The third kappa shape index (κ3) is 3.85. The molecule has 1 amide bonds. The van der Waals surface area contributed by atoms with Crippen molar-refractivity contribution in [3.8, 4) is 5.75 Å². The van der Waals surface area contributed by atoms with Crippen molar-refractivity contribution in [2.75, 3.05) is 38.2 Å². The summed E-state index contributed by atoms with van der Waals surface area (Å²) in [4.78, 5) is 37.3. The topological polar surface area (TPSA) is 119 Å². The van der Waals surface area contributed by atoms with E-state index >= 15 is 0 Å². The van der Waals surface area contributed by atoms with Gasteiger partial charge >= 0.3 is 0 Å². The molecule has 2 aromatic carbocycles. The number of benzene rings is 2. The van der Waals surface area contributed by atoms with Crippen LogP contribution in [0.1, 0.15) is 10.4 Å². The van der Waals surface area contributed by atoms with E-state index in [1.165, 1.54) is 37.4 Å². The molecule has 0 radical (unpaired) electrons. The molecule has 1 aliphatic rings. The number of ether oxygens (including phenoxy) is 1. The first kappa shape index (κ1) is 19.1. The third-order valence-corrected chi connectivity index (χ3v) is 4.59. The summed E-state index contributed by atoms with van der Waals surface area (Å²) in [6.45, 7) is 1.52. The highest BCUT2D eigenvalue weighted by Gasteiger charge is 2.27. The molecule has 3 rings (SSSR count). The third-order valence-electron chi connectivity index (χ3n) is 4.59. The van der Waals surface area contributed by atoms with Gasteiger partial charge in [0, 0.05) is 43.9 Å². The molecular weight excluding hydrogens is 368 g/mol. The van der Waals surface area contributed by atoms with Gasteiger partial charge in [-0.25, -0.2) is 0 Å². The summed E-state index contributed by atoms with van der Waals surface area (Å²) in [7, 11) is 1.44. The number of nitro benzene ring substituents is 2. The maximum atomic E-state index is 12.6. The van der Waals surface area contributed by atoms with Gasteiger partial charge in [-0.05, 0) is 18.2 Å². The van der Waals surface area contributed by atoms with Crippen LogP contribution in [-0.2, 0) is 0 Å². The second kappa shape index (κ2) is 7.91. The molecule has 10 heteroatoms. The molecule has 0 bridgehead atoms. The van der Waals surface area contributed by atoms with E-state index in [9.17, 15) is 25.0 Å². The van der Waals surface area contributed by atoms with Crippen LogP contribution in [0.4, 0.5) is 17.1 Å². The molecule has 0 spiro atoms. The molecule has 0 unspecified atom stereocenters. The Bertz CT molecular complexity index is 924. The van der Waals surface area contributed by atoms with E-state index in [2.05, 4.69) is 0 Å². The maximum absolute atomic E-state index is 12.6. The van der Waals surface area contributed by atoms with E-state index in [4.69, 9.17) is 4.74 Å². The first-order valence-electron chi connectivity index (χ1n) is 8.52. The van der Waals surface area contributed by atoms with Crippen LogP contribution in [0.15, 0.2) is 42.5 Å². The fourth-order valence-electron chi connectivity index (χ4n) is 3.13. The van der Waals surface area contributed by atoms with Crippen LogP contribution in [0.25, 0.3) is 0 Å². The van der Waals surface area contributed by atoms with E-state index in [1.807, 2.05) is 4.90 Å². The van der Waals surface area contributed by atoms with Crippen LogP contribution in [0, 0.1) is 20.2 Å². The van der Waals surface area contributed by atoms with Crippen LogP contribution in [-0.4, -0.2) is 53.9 Å². The molecular formula is C18H18N4O6. The van der Waals surface area contributed by atoms with Crippen molar-refractivity contribution in [3.63, 3.8) is 0 Å². The number of carbonyl (C=O) groups is 1. The smallest absolute Gasteiger partial charge is 0.296 e. The summed E-state index contributed by atoms with van der Waals surface area (Å²) in [5.74, 6) is 0.0996. The van der Waals surface area contributed by atoms with Gasteiger partial charge in [0.25, 0.3) is 17.3 Å². The minimum absolute atomic E-state index is 0.0576. The maximum Gasteiger partial charge on any atom is 0.296 e. The summed E-state index contributed by atoms with van der Waals surface area (Å²) in [6, 6.07) is 10.3. The quantitative estimate of drug-likeness (QED) is 0.572. The summed E-state index contributed by atoms with van der Waals surface area (Å²) >= 11 is 0. The fraction of sp³-hybridized carbons (Fsp3) is 0.278. The monoisotopic (exact) mass is 386 g/mol. The second-order valence-corrected chi connectivity index (χ2v) is 6.20. The molecule has 146 valence electrons. The van der Waals surface area contributed by atoms with E-state index < -0.39 is 9.85 Å². The highest BCUT2D eigenvalue weighted by Crippen LogP contribution is 2.32. The molecule has 0 atom stereocenters. The number of piperazine rings is 1. The predicted molar refractivity (Wildman–Crippen MR) is 101 cm³/mol. The summed E-state index contributed by atoms with van der Waals surface area (Å²) < 4.78 is 5.05. The molecule has 2 aromatic rings. The van der Waals surface area contributed by atoms with Gasteiger partial charge in [-0.15, -0.1) is 0 Å². The van der Waals surface area contributed by atoms with Crippen molar-refractivity contribution in [1.29, 1.82) is 0 Å². The molecule has 1 aliphatic heterocycles. The first-order valence-corrected chi connectivity index (χ1v) is 8.52. The molecule has 0 saturated carbocycles. The van der Waals surface area contributed by atoms with Crippen molar-refractivity contribution in [2.45, 2.75) is 0 Å². The lowest BCUT2D eigenvalue weighted by atomic mass is 10.1. The predicted octanol–water partition coefficient (Wildman–Crippen LogP) is 2.47. The molecule has 1 heterocycles. The average Bonchev–Trinajstić information content (AvgIpc) is 2.73. The van der Waals surface area contributed by atoms with Gasteiger partial charge in [-0.2, -0.15) is 0 Å². The zero-order valence-corrected chi connectivity index (χ0v) is 15.1. The summed E-state index contributed by atoms with van der Waals surface area (Å²) in [6.07, 6.45) is 0. The minimum atomic E-state index is -0.544. The Labute approximate surface area is 160 Å². The number of carbonyl (C=O) groups excluding carboxylic acids is 1. The first-order chi connectivity index (χ1) is 13.4. The zero-order valence-electron chi connectivity index (χ0n) is 15.1. The lowest BCUT2D eigenvalue weighted by Gasteiger charge is -2.35. The van der Waals surface area contributed by atoms with Gasteiger partial charge in [0.1, 0.15) is 11.4 Å². The van der Waals surface area contributed by atoms with Crippen molar-refractivity contribution < 1.29 is 19.4 Å². The number of nitro groups is 2. The van der Waals surface area contributed by atoms with E-state index in [0.29, 0.717) is 37.6 Å². The van der Waals surface area contributed by atoms with E-state index in [1.54, 1.807) is 17.0 Å². The molecule has 10 nitrogen and oxygen atoms in total. The van der Waals surface area contributed by atoms with Crippen LogP contribution in [0.2, 0.25) is 0 Å². The molecule has 0 N–H and O–H groups in total. The largest absolute Gasteiger partial charge is 0.496 e. The average molecular weight is 386 g/mol. The highest BCUT2D eigenvalue weighted by molar-refractivity contribution is 5.95. The van der Waals surface area contributed by atoms with Crippen LogP contribution in [0.5, 0.6) is 5.75 Å². The van der Waals surface area contributed by atoms with Crippen LogP contribution in [0.3, 0.4) is 0 Å². The number of non-ortho nitro benzene ring substituents is 1. The molecule has 0 aromatic heterocycles. The van der Waals surface area contributed by atoms with Crippen molar-refractivity contribution in [1.82, 2.24) is 4.90 Å². The van der Waals surface area contributed by atoms with Crippen LogP contribution < -0.4 is 9.64 Å². The standard InChI is InChI=1S/C18H18N4O6/c1-28-15-5-6-16(17(12-15)22(26)27)19-7-9-20(10-8-19)18(23)13-3-2-4-14(11-13)21(24)25/h2-6,11-12H,7-10H2,1H3. The number of anilines is 1.